The third kappa shape index (κ3) is 1.19. The molecule has 0 aliphatic heterocycles. The van der Waals surface area contributed by atoms with Crippen molar-refractivity contribution in [3.63, 3.8) is 0 Å². The maximum atomic E-state index is 2.37. The zero-order chi connectivity index (χ0) is 8.67. The minimum Gasteiger partial charge on any atom is -0.144 e. The smallest absolute Gasteiger partial charge is 0.0342 e. The molecule has 1 saturated carbocycles. The van der Waals surface area contributed by atoms with Crippen molar-refractivity contribution < 1.29 is 0 Å². The molecule has 2 aromatic rings. The topological polar surface area (TPSA) is 0 Å². The van der Waals surface area contributed by atoms with Crippen molar-refractivity contribution in [1.29, 1.82) is 0 Å². The molecule has 0 atom stereocenters. The molecular weight excluding hydrogens is 176 g/mol. The van der Waals surface area contributed by atoms with Gasteiger partial charge in [0.25, 0.3) is 0 Å². The average molecular weight is 188 g/mol. The van der Waals surface area contributed by atoms with Crippen LogP contribution in [0.5, 0.6) is 0 Å². The molecule has 13 heavy (non-hydrogen) atoms. The van der Waals surface area contributed by atoms with E-state index in [9.17, 15) is 0 Å². The van der Waals surface area contributed by atoms with Gasteiger partial charge in [0.05, 0.1) is 0 Å². The van der Waals surface area contributed by atoms with E-state index in [4.69, 9.17) is 0 Å². The highest BCUT2D eigenvalue weighted by Gasteiger charge is 2.19. The summed E-state index contributed by atoms with van der Waals surface area (Å²) in [5.74, 6) is 0.865. The Morgan fingerprint density at radius 3 is 2.85 bits per heavy atom. The van der Waals surface area contributed by atoms with Gasteiger partial charge in [-0.2, -0.15) is 0 Å². The first-order valence-electron chi connectivity index (χ1n) is 4.91. The number of rotatable bonds is 1. The van der Waals surface area contributed by atoms with E-state index in [0.717, 1.165) is 5.92 Å². The molecule has 0 spiro atoms. The van der Waals surface area contributed by atoms with E-state index >= 15 is 0 Å². The number of hydrogen-bond acceptors (Lipinski definition) is 1. The van der Waals surface area contributed by atoms with Gasteiger partial charge in [-0.15, -0.1) is 11.3 Å². The van der Waals surface area contributed by atoms with Crippen LogP contribution in [-0.4, -0.2) is 0 Å². The van der Waals surface area contributed by atoms with E-state index < -0.39 is 0 Å². The molecule has 0 N–H and O–H groups in total. The molecule has 0 radical (unpaired) electrons. The third-order valence-corrected chi connectivity index (χ3v) is 3.95. The Kier molecular flexibility index (Phi) is 1.66. The van der Waals surface area contributed by atoms with Gasteiger partial charge in [0.1, 0.15) is 0 Å². The van der Waals surface area contributed by atoms with Crippen LogP contribution in [0.1, 0.15) is 30.7 Å². The first-order chi connectivity index (χ1) is 6.43. The van der Waals surface area contributed by atoms with E-state index in [2.05, 4.69) is 29.6 Å². The Morgan fingerprint density at radius 2 is 2.08 bits per heavy atom. The lowest BCUT2D eigenvalue weighted by molar-refractivity contribution is 0.420. The molecule has 1 aliphatic carbocycles. The predicted molar refractivity (Wildman–Crippen MR) is 58.4 cm³/mol. The number of fused-ring (bicyclic) bond motifs is 1. The van der Waals surface area contributed by atoms with Gasteiger partial charge in [-0.1, -0.05) is 18.6 Å². The van der Waals surface area contributed by atoms with Crippen molar-refractivity contribution >= 4 is 21.4 Å². The van der Waals surface area contributed by atoms with Crippen LogP contribution in [0.2, 0.25) is 0 Å². The van der Waals surface area contributed by atoms with Crippen molar-refractivity contribution in [2.45, 2.75) is 25.2 Å². The zero-order valence-electron chi connectivity index (χ0n) is 7.49. The first kappa shape index (κ1) is 7.57. The fourth-order valence-corrected chi connectivity index (χ4v) is 2.75. The van der Waals surface area contributed by atoms with Gasteiger partial charge >= 0.3 is 0 Å². The fourth-order valence-electron chi connectivity index (χ4n) is 1.98. The molecule has 0 unspecified atom stereocenters. The van der Waals surface area contributed by atoms with Crippen LogP contribution >= 0.6 is 11.3 Å². The molecule has 66 valence electrons. The van der Waals surface area contributed by atoms with Crippen molar-refractivity contribution in [1.82, 2.24) is 0 Å². The molecular formula is C12H12S. The molecule has 1 fully saturated rings. The van der Waals surface area contributed by atoms with Crippen molar-refractivity contribution in [2.75, 3.05) is 0 Å². The second-order valence-corrected chi connectivity index (χ2v) is 4.79. The summed E-state index contributed by atoms with van der Waals surface area (Å²) in [4.78, 5) is 0. The van der Waals surface area contributed by atoms with E-state index in [-0.39, 0.29) is 0 Å². The Hall–Kier alpha value is -0.820. The summed E-state index contributed by atoms with van der Waals surface area (Å²) in [7, 11) is 0. The minimum absolute atomic E-state index is 0.865. The highest BCUT2D eigenvalue weighted by Crippen LogP contribution is 2.37. The van der Waals surface area contributed by atoms with Gasteiger partial charge in [-0.3, -0.25) is 0 Å². The molecule has 1 heterocycles. The lowest BCUT2D eigenvalue weighted by atomic mass is 9.80. The number of benzene rings is 1. The van der Waals surface area contributed by atoms with E-state index in [1.54, 1.807) is 5.56 Å². The highest BCUT2D eigenvalue weighted by atomic mass is 32.1. The summed E-state index contributed by atoms with van der Waals surface area (Å²) in [6.07, 6.45) is 4.22. The fraction of sp³-hybridized carbons (Fsp3) is 0.333. The monoisotopic (exact) mass is 188 g/mol. The van der Waals surface area contributed by atoms with E-state index in [1.165, 1.54) is 29.3 Å². The zero-order valence-corrected chi connectivity index (χ0v) is 8.31. The summed E-state index contributed by atoms with van der Waals surface area (Å²) in [6, 6.07) is 9.17. The van der Waals surface area contributed by atoms with E-state index in [1.807, 2.05) is 11.3 Å². The molecule has 0 saturated heterocycles. The summed E-state index contributed by atoms with van der Waals surface area (Å²) in [6.45, 7) is 0. The maximum Gasteiger partial charge on any atom is 0.0342 e. The summed E-state index contributed by atoms with van der Waals surface area (Å²) in [5, 5.41) is 3.60. The largest absolute Gasteiger partial charge is 0.144 e. The average Bonchev–Trinajstić information content (AvgIpc) is 2.47. The summed E-state index contributed by atoms with van der Waals surface area (Å²) in [5.41, 5.74) is 1.55. The van der Waals surface area contributed by atoms with Crippen molar-refractivity contribution in [3.8, 4) is 0 Å². The summed E-state index contributed by atoms with van der Waals surface area (Å²) < 4.78 is 1.42. The second-order valence-electron chi connectivity index (χ2n) is 3.85. The highest BCUT2D eigenvalue weighted by molar-refractivity contribution is 7.17. The van der Waals surface area contributed by atoms with Gasteiger partial charge < -0.3 is 0 Å². The van der Waals surface area contributed by atoms with Crippen LogP contribution in [0.25, 0.3) is 10.1 Å². The molecule has 1 aromatic carbocycles. The molecule has 1 heteroatoms. The van der Waals surface area contributed by atoms with Crippen LogP contribution < -0.4 is 0 Å². The van der Waals surface area contributed by atoms with Crippen LogP contribution in [0.3, 0.4) is 0 Å². The van der Waals surface area contributed by atoms with Gasteiger partial charge in [0, 0.05) is 4.70 Å². The first-order valence-corrected chi connectivity index (χ1v) is 5.78. The van der Waals surface area contributed by atoms with Gasteiger partial charge in [-0.05, 0) is 47.2 Å². The third-order valence-electron chi connectivity index (χ3n) is 3.05. The number of hydrogen-bond donors (Lipinski definition) is 0. The van der Waals surface area contributed by atoms with Gasteiger partial charge in [0.2, 0.25) is 0 Å². The van der Waals surface area contributed by atoms with Gasteiger partial charge in [-0.25, -0.2) is 0 Å². The van der Waals surface area contributed by atoms with E-state index in [0.29, 0.717) is 0 Å². The van der Waals surface area contributed by atoms with Crippen LogP contribution in [0.15, 0.2) is 29.6 Å². The normalized spacial score (nSPS) is 17.5. The standard InChI is InChI=1S/C12H12S/c1-2-9(3-1)10-4-5-12-11(8-10)6-7-13-12/h4-9H,1-3H2. The second kappa shape index (κ2) is 2.85. The van der Waals surface area contributed by atoms with Crippen molar-refractivity contribution in [2.24, 2.45) is 0 Å². The Bertz CT molecular complexity index is 423. The Morgan fingerprint density at radius 1 is 1.15 bits per heavy atom. The minimum atomic E-state index is 0.865. The van der Waals surface area contributed by atoms with Crippen LogP contribution in [0.4, 0.5) is 0 Å². The quantitative estimate of drug-likeness (QED) is 0.630. The Balaban J connectivity index is 2.09. The molecule has 0 nitrogen and oxygen atoms in total. The predicted octanol–water partition coefficient (Wildman–Crippen LogP) is 4.17. The summed E-state index contributed by atoms with van der Waals surface area (Å²) >= 11 is 1.83. The SMILES string of the molecule is c1cc2cc(C3CCC3)ccc2s1. The molecule has 0 amide bonds. The Labute approximate surface area is 82.2 Å². The molecule has 3 rings (SSSR count). The van der Waals surface area contributed by atoms with Crippen LogP contribution in [0, 0.1) is 0 Å². The molecule has 0 bridgehead atoms. The van der Waals surface area contributed by atoms with Gasteiger partial charge in [0.15, 0.2) is 0 Å². The lowest BCUT2D eigenvalue weighted by Gasteiger charge is -2.25. The number of thiophene rings is 1. The lowest BCUT2D eigenvalue weighted by Crippen LogP contribution is -2.08. The van der Waals surface area contributed by atoms with Crippen molar-refractivity contribution in [3.05, 3.63) is 35.2 Å². The molecule has 1 aliphatic rings. The molecule has 1 aromatic heterocycles. The maximum absolute atomic E-state index is 2.37. The van der Waals surface area contributed by atoms with Crippen LogP contribution in [-0.2, 0) is 0 Å².